The third-order valence-corrected chi connectivity index (χ3v) is 4.50. The first-order chi connectivity index (χ1) is 13.2. The van der Waals surface area contributed by atoms with E-state index in [4.69, 9.17) is 4.98 Å². The summed E-state index contributed by atoms with van der Waals surface area (Å²) >= 11 is 0. The van der Waals surface area contributed by atoms with E-state index in [0.717, 1.165) is 27.9 Å². The number of carbonyl (C=O) groups excluding carboxylic acids is 1. The van der Waals surface area contributed by atoms with Crippen LogP contribution in [0.2, 0.25) is 0 Å². The molecule has 0 spiro atoms. The number of pyridine rings is 1. The number of aryl methyl sites for hydroxylation is 2. The molecule has 1 amide bonds. The highest BCUT2D eigenvalue weighted by atomic mass is 16.1. The van der Waals surface area contributed by atoms with E-state index in [1.165, 1.54) is 0 Å². The molecule has 0 saturated carbocycles. The lowest BCUT2D eigenvalue weighted by Crippen LogP contribution is -2.13. The fourth-order valence-electron chi connectivity index (χ4n) is 3.14. The molecule has 1 N–H and O–H groups in total. The van der Waals surface area contributed by atoms with Crippen LogP contribution in [0.4, 0.5) is 5.69 Å². The maximum absolute atomic E-state index is 13.0. The number of hydrogen-bond acceptors (Lipinski definition) is 3. The van der Waals surface area contributed by atoms with Crippen molar-refractivity contribution in [3.63, 3.8) is 0 Å². The van der Waals surface area contributed by atoms with Gasteiger partial charge in [0.05, 0.1) is 22.8 Å². The van der Waals surface area contributed by atoms with E-state index in [9.17, 15) is 4.79 Å². The van der Waals surface area contributed by atoms with Crippen LogP contribution in [0.1, 0.15) is 22.8 Å². The molecule has 2 aromatic carbocycles. The molecular weight excluding hydrogens is 336 g/mol. The summed E-state index contributed by atoms with van der Waals surface area (Å²) in [7, 11) is 0. The van der Waals surface area contributed by atoms with E-state index < -0.39 is 0 Å². The number of rotatable bonds is 4. The Labute approximate surface area is 157 Å². The molecular formula is C22H20N4O. The number of nitrogens with one attached hydrogen (secondary N) is 1. The zero-order valence-corrected chi connectivity index (χ0v) is 15.3. The van der Waals surface area contributed by atoms with Gasteiger partial charge in [-0.2, -0.15) is 5.10 Å². The average molecular weight is 356 g/mol. The Morgan fingerprint density at radius 1 is 1.07 bits per heavy atom. The molecule has 0 aliphatic rings. The molecule has 5 nitrogen and oxygen atoms in total. The third-order valence-electron chi connectivity index (χ3n) is 4.50. The van der Waals surface area contributed by atoms with Gasteiger partial charge in [-0.1, -0.05) is 42.5 Å². The van der Waals surface area contributed by atoms with E-state index in [1.54, 1.807) is 6.20 Å². The predicted molar refractivity (Wildman–Crippen MR) is 108 cm³/mol. The molecule has 0 bridgehead atoms. The van der Waals surface area contributed by atoms with Crippen molar-refractivity contribution in [2.45, 2.75) is 20.4 Å². The van der Waals surface area contributed by atoms with Crippen molar-refractivity contribution in [3.8, 4) is 11.3 Å². The van der Waals surface area contributed by atoms with Crippen LogP contribution in [0, 0.1) is 6.92 Å². The third kappa shape index (κ3) is 3.31. The van der Waals surface area contributed by atoms with Gasteiger partial charge in [-0.25, -0.2) is 9.67 Å². The topological polar surface area (TPSA) is 59.8 Å². The molecule has 0 unspecified atom stereocenters. The zero-order valence-electron chi connectivity index (χ0n) is 15.3. The summed E-state index contributed by atoms with van der Waals surface area (Å²) in [5.74, 6) is -0.166. The molecule has 2 heterocycles. The summed E-state index contributed by atoms with van der Waals surface area (Å²) in [4.78, 5) is 17.8. The summed E-state index contributed by atoms with van der Waals surface area (Å²) in [6.45, 7) is 4.70. The molecule has 2 aromatic heterocycles. The number of carbonyl (C=O) groups is 1. The smallest absolute Gasteiger partial charge is 0.256 e. The van der Waals surface area contributed by atoms with Crippen molar-refractivity contribution in [2.24, 2.45) is 0 Å². The first-order valence-corrected chi connectivity index (χ1v) is 8.95. The minimum absolute atomic E-state index is 0.166. The van der Waals surface area contributed by atoms with Gasteiger partial charge in [0.25, 0.3) is 5.91 Å². The summed E-state index contributed by atoms with van der Waals surface area (Å²) in [5, 5.41) is 8.13. The van der Waals surface area contributed by atoms with Crippen molar-refractivity contribution in [1.29, 1.82) is 0 Å². The molecule has 5 heteroatoms. The van der Waals surface area contributed by atoms with Gasteiger partial charge in [-0.15, -0.1) is 0 Å². The van der Waals surface area contributed by atoms with Gasteiger partial charge in [-0.05, 0) is 37.6 Å². The van der Waals surface area contributed by atoms with Crippen LogP contribution in [0.15, 0.2) is 66.9 Å². The molecule has 0 fully saturated rings. The minimum atomic E-state index is -0.166. The van der Waals surface area contributed by atoms with Gasteiger partial charge in [0, 0.05) is 17.8 Å². The van der Waals surface area contributed by atoms with Crippen LogP contribution < -0.4 is 5.32 Å². The van der Waals surface area contributed by atoms with E-state index >= 15 is 0 Å². The summed E-state index contributed by atoms with van der Waals surface area (Å²) in [5.41, 5.74) is 4.87. The first-order valence-electron chi connectivity index (χ1n) is 8.95. The maximum atomic E-state index is 13.0. The predicted octanol–water partition coefficient (Wildman–Crippen LogP) is 4.68. The molecule has 27 heavy (non-hydrogen) atoms. The minimum Gasteiger partial charge on any atom is -0.322 e. The standard InChI is InChI=1S/C22H20N4O/c1-3-26-21-19(14-23-26)18(13-20(25-21)16-9-5-4-6-10-16)22(27)24-17-11-7-8-15(2)12-17/h4-14H,3H2,1-2H3,(H,24,27). The molecule has 0 aliphatic heterocycles. The number of aromatic nitrogens is 3. The van der Waals surface area contributed by atoms with Crippen LogP contribution in [0.3, 0.4) is 0 Å². The lowest BCUT2D eigenvalue weighted by molar-refractivity contribution is 0.102. The van der Waals surface area contributed by atoms with E-state index in [1.807, 2.05) is 79.2 Å². The van der Waals surface area contributed by atoms with Crippen LogP contribution in [-0.4, -0.2) is 20.7 Å². The van der Waals surface area contributed by atoms with Crippen molar-refractivity contribution < 1.29 is 4.79 Å². The lowest BCUT2D eigenvalue weighted by atomic mass is 10.1. The van der Waals surface area contributed by atoms with Crippen LogP contribution >= 0.6 is 0 Å². The molecule has 0 aliphatic carbocycles. The van der Waals surface area contributed by atoms with Crippen molar-refractivity contribution >= 4 is 22.6 Å². The van der Waals surface area contributed by atoms with E-state index in [0.29, 0.717) is 17.8 Å². The number of benzene rings is 2. The second-order valence-corrected chi connectivity index (χ2v) is 6.44. The van der Waals surface area contributed by atoms with Gasteiger partial charge in [-0.3, -0.25) is 4.79 Å². The highest BCUT2D eigenvalue weighted by Crippen LogP contribution is 2.25. The lowest BCUT2D eigenvalue weighted by Gasteiger charge is -2.10. The van der Waals surface area contributed by atoms with Crippen LogP contribution in [0.25, 0.3) is 22.3 Å². The maximum Gasteiger partial charge on any atom is 0.256 e. The second-order valence-electron chi connectivity index (χ2n) is 6.44. The quantitative estimate of drug-likeness (QED) is 0.577. The fraction of sp³-hybridized carbons (Fsp3) is 0.136. The zero-order chi connectivity index (χ0) is 18.8. The normalized spacial score (nSPS) is 10.9. The van der Waals surface area contributed by atoms with Crippen molar-refractivity contribution in [3.05, 3.63) is 78.0 Å². The summed E-state index contributed by atoms with van der Waals surface area (Å²) in [6.07, 6.45) is 1.71. The highest BCUT2D eigenvalue weighted by Gasteiger charge is 2.17. The van der Waals surface area contributed by atoms with Gasteiger partial charge in [0.2, 0.25) is 0 Å². The Hall–Kier alpha value is -3.47. The molecule has 4 aromatic rings. The van der Waals surface area contributed by atoms with E-state index in [-0.39, 0.29) is 5.91 Å². The Balaban J connectivity index is 1.83. The molecule has 0 atom stereocenters. The van der Waals surface area contributed by atoms with Crippen LogP contribution in [-0.2, 0) is 6.54 Å². The molecule has 4 rings (SSSR count). The van der Waals surface area contributed by atoms with E-state index in [2.05, 4.69) is 10.4 Å². The van der Waals surface area contributed by atoms with Gasteiger partial charge in [0.1, 0.15) is 0 Å². The van der Waals surface area contributed by atoms with Gasteiger partial charge in [0.15, 0.2) is 5.65 Å². The Morgan fingerprint density at radius 3 is 2.63 bits per heavy atom. The average Bonchev–Trinajstić information content (AvgIpc) is 3.11. The highest BCUT2D eigenvalue weighted by molar-refractivity contribution is 6.12. The monoisotopic (exact) mass is 356 g/mol. The van der Waals surface area contributed by atoms with Crippen LogP contribution in [0.5, 0.6) is 0 Å². The number of hydrogen-bond donors (Lipinski definition) is 1. The second kappa shape index (κ2) is 7.03. The summed E-state index contributed by atoms with van der Waals surface area (Å²) in [6, 6.07) is 19.5. The van der Waals surface area contributed by atoms with Gasteiger partial charge >= 0.3 is 0 Å². The van der Waals surface area contributed by atoms with Crippen molar-refractivity contribution in [2.75, 3.05) is 5.32 Å². The van der Waals surface area contributed by atoms with Crippen molar-refractivity contribution in [1.82, 2.24) is 14.8 Å². The largest absolute Gasteiger partial charge is 0.322 e. The summed E-state index contributed by atoms with van der Waals surface area (Å²) < 4.78 is 1.81. The SMILES string of the molecule is CCn1ncc2c(C(=O)Nc3cccc(C)c3)cc(-c3ccccc3)nc21. The fourth-order valence-corrected chi connectivity index (χ4v) is 3.14. The number of fused-ring (bicyclic) bond motifs is 1. The number of amides is 1. The van der Waals surface area contributed by atoms with Gasteiger partial charge < -0.3 is 5.32 Å². The molecule has 134 valence electrons. The Kier molecular flexibility index (Phi) is 4.42. The molecule has 0 radical (unpaired) electrons. The Bertz CT molecular complexity index is 1120. The Morgan fingerprint density at radius 2 is 1.89 bits per heavy atom. The molecule has 0 saturated heterocycles. The first kappa shape index (κ1) is 17.0. The number of nitrogens with zero attached hydrogens (tertiary/aromatic N) is 3. The number of anilines is 1.